The molecular weight excluding hydrogens is 587 g/mol. The Labute approximate surface area is 258 Å². The molecule has 0 aliphatic carbocycles. The molecule has 1 amide bonds. The smallest absolute Gasteiger partial charge is 0.335 e. The summed E-state index contributed by atoms with van der Waals surface area (Å²) in [5.41, 5.74) is 1.92. The lowest BCUT2D eigenvalue weighted by Crippen LogP contribution is -2.20. The fourth-order valence-corrected chi connectivity index (χ4v) is 5.12. The molecule has 2 heterocycles. The van der Waals surface area contributed by atoms with E-state index < -0.39 is 23.5 Å². The molecular formula is C34H32F3N3O5. The van der Waals surface area contributed by atoms with E-state index in [4.69, 9.17) is 4.74 Å². The summed E-state index contributed by atoms with van der Waals surface area (Å²) in [7, 11) is 0. The minimum atomic E-state index is -1.13. The summed E-state index contributed by atoms with van der Waals surface area (Å²) in [4.78, 5) is 28.6. The van der Waals surface area contributed by atoms with Crippen molar-refractivity contribution in [3.63, 3.8) is 0 Å². The Bertz CT molecular complexity index is 1670. The van der Waals surface area contributed by atoms with E-state index in [2.05, 4.69) is 20.9 Å². The van der Waals surface area contributed by atoms with Crippen molar-refractivity contribution < 1.29 is 37.7 Å². The molecule has 234 valence electrons. The van der Waals surface area contributed by atoms with Gasteiger partial charge in [-0.3, -0.25) is 9.74 Å². The van der Waals surface area contributed by atoms with Gasteiger partial charge in [0.1, 0.15) is 11.9 Å². The summed E-state index contributed by atoms with van der Waals surface area (Å²) in [5.74, 6) is -3.58. The molecule has 4 aromatic carbocycles. The van der Waals surface area contributed by atoms with Crippen LogP contribution < -0.4 is 25.6 Å². The highest BCUT2D eigenvalue weighted by Gasteiger charge is 2.20. The number of anilines is 1. The predicted octanol–water partition coefficient (Wildman–Crippen LogP) is 6.62. The van der Waals surface area contributed by atoms with Gasteiger partial charge in [0.05, 0.1) is 5.56 Å². The fourth-order valence-electron chi connectivity index (χ4n) is 5.12. The van der Waals surface area contributed by atoms with Crippen LogP contribution in [0.2, 0.25) is 0 Å². The molecule has 0 bridgehead atoms. The molecule has 6 rings (SSSR count). The number of carbonyl (C=O) groups is 2. The van der Waals surface area contributed by atoms with Gasteiger partial charge in [0, 0.05) is 33.4 Å². The van der Waals surface area contributed by atoms with Crippen molar-refractivity contribution in [1.82, 2.24) is 10.6 Å². The van der Waals surface area contributed by atoms with Crippen molar-refractivity contribution in [2.24, 2.45) is 0 Å². The number of nitrogens with one attached hydrogen (secondary N) is 3. The van der Waals surface area contributed by atoms with Crippen molar-refractivity contribution in [1.29, 1.82) is 0 Å². The standard InChI is InChI=1S/C30H23F3N2O5.C4H9N/c31-25-7-4-18(14-26(25)32)23-13-19(5-8-28(23)40-33)29(36)35-21-6-9-27(39-22-10-11-34-16-22)24(15-21)17-2-1-3-20(12-17)30(37)38;1-2-4-5-3-1/h1-9,12-15,22,34H,10-11,16H2,(H,35,36)(H,37,38);5H,1-4H2. The van der Waals surface area contributed by atoms with E-state index in [1.807, 2.05) is 0 Å². The van der Waals surface area contributed by atoms with Crippen LogP contribution in [0.25, 0.3) is 22.3 Å². The van der Waals surface area contributed by atoms with Crippen molar-refractivity contribution in [3.8, 4) is 33.8 Å². The zero-order valence-electron chi connectivity index (χ0n) is 24.2. The number of carbonyl (C=O) groups excluding carboxylic acids is 1. The van der Waals surface area contributed by atoms with Crippen LogP contribution in [0.1, 0.15) is 40.0 Å². The van der Waals surface area contributed by atoms with Crippen LogP contribution in [-0.2, 0) is 0 Å². The molecule has 1 unspecified atom stereocenters. The first-order valence-corrected chi connectivity index (χ1v) is 14.6. The number of ether oxygens (including phenoxy) is 1. The Morgan fingerprint density at radius 3 is 2.20 bits per heavy atom. The van der Waals surface area contributed by atoms with Gasteiger partial charge in [0.15, 0.2) is 17.4 Å². The Morgan fingerprint density at radius 2 is 1.53 bits per heavy atom. The first kappa shape index (κ1) is 31.6. The lowest BCUT2D eigenvalue weighted by molar-refractivity contribution is -0.00547. The lowest BCUT2D eigenvalue weighted by atomic mass is 10.0. The third-order valence-electron chi connectivity index (χ3n) is 7.48. The third-order valence-corrected chi connectivity index (χ3v) is 7.48. The summed E-state index contributed by atoms with van der Waals surface area (Å²) in [6.07, 6.45) is 3.53. The second-order valence-electron chi connectivity index (χ2n) is 10.7. The Balaban J connectivity index is 0.000000729. The maximum Gasteiger partial charge on any atom is 0.335 e. The van der Waals surface area contributed by atoms with Gasteiger partial charge in [-0.2, -0.15) is 0 Å². The van der Waals surface area contributed by atoms with E-state index in [9.17, 15) is 28.0 Å². The topological polar surface area (TPSA) is 109 Å². The number of amides is 1. The molecule has 0 saturated carbocycles. The number of carboxylic acid groups (broad SMARTS) is 1. The van der Waals surface area contributed by atoms with E-state index in [0.717, 1.165) is 25.1 Å². The quantitative estimate of drug-likeness (QED) is 0.176. The van der Waals surface area contributed by atoms with Gasteiger partial charge in [-0.05, 0) is 111 Å². The first-order valence-electron chi connectivity index (χ1n) is 14.6. The van der Waals surface area contributed by atoms with Gasteiger partial charge < -0.3 is 25.8 Å². The lowest BCUT2D eigenvalue weighted by Gasteiger charge is -2.18. The molecule has 1 atom stereocenters. The number of hydrogen-bond acceptors (Lipinski definition) is 6. The Morgan fingerprint density at radius 1 is 0.778 bits per heavy atom. The predicted molar refractivity (Wildman–Crippen MR) is 164 cm³/mol. The molecule has 45 heavy (non-hydrogen) atoms. The largest absolute Gasteiger partial charge is 0.488 e. The van der Waals surface area contributed by atoms with E-state index in [-0.39, 0.29) is 34.1 Å². The van der Waals surface area contributed by atoms with Crippen LogP contribution in [0, 0.1) is 11.6 Å². The van der Waals surface area contributed by atoms with Crippen molar-refractivity contribution in [2.75, 3.05) is 31.5 Å². The van der Waals surface area contributed by atoms with Crippen LogP contribution >= 0.6 is 0 Å². The van der Waals surface area contributed by atoms with E-state index >= 15 is 0 Å². The molecule has 0 radical (unpaired) electrons. The monoisotopic (exact) mass is 619 g/mol. The molecule has 4 N–H and O–H groups in total. The molecule has 0 aromatic heterocycles. The summed E-state index contributed by atoms with van der Waals surface area (Å²) in [5, 5.41) is 18.7. The van der Waals surface area contributed by atoms with Gasteiger partial charge in [0.2, 0.25) is 0 Å². The molecule has 2 fully saturated rings. The van der Waals surface area contributed by atoms with Crippen LogP contribution in [0.15, 0.2) is 78.9 Å². The molecule has 4 aromatic rings. The molecule has 2 aliphatic rings. The SMILES string of the molecule is C1CCNC1.O=C(O)c1cccc(-c2cc(NC(=O)c3ccc(OF)c(-c4ccc(F)c(F)c4)c3)ccc2OC2CCNC2)c1. The Kier molecular flexibility index (Phi) is 10.3. The second kappa shape index (κ2) is 14.7. The second-order valence-corrected chi connectivity index (χ2v) is 10.7. The summed E-state index contributed by atoms with van der Waals surface area (Å²) >= 11 is 0. The van der Waals surface area contributed by atoms with Crippen LogP contribution in [0.3, 0.4) is 0 Å². The minimum absolute atomic E-state index is 0.0501. The number of aromatic carboxylic acids is 1. The maximum absolute atomic E-state index is 13.8. The third kappa shape index (κ3) is 8.00. The first-order chi connectivity index (χ1) is 21.8. The fraction of sp³-hybridized carbons (Fsp3) is 0.235. The van der Waals surface area contributed by atoms with E-state index in [1.165, 1.54) is 62.3 Å². The van der Waals surface area contributed by atoms with E-state index in [1.54, 1.807) is 30.3 Å². The van der Waals surface area contributed by atoms with Gasteiger partial charge >= 0.3 is 5.97 Å². The van der Waals surface area contributed by atoms with Crippen molar-refractivity contribution >= 4 is 17.6 Å². The van der Waals surface area contributed by atoms with Gasteiger partial charge in [0.25, 0.3) is 5.91 Å². The highest BCUT2D eigenvalue weighted by atomic mass is 19.3. The molecule has 0 spiro atoms. The van der Waals surface area contributed by atoms with Gasteiger partial charge in [-0.15, -0.1) is 0 Å². The zero-order valence-corrected chi connectivity index (χ0v) is 24.2. The highest BCUT2D eigenvalue weighted by molar-refractivity contribution is 6.05. The van der Waals surface area contributed by atoms with Crippen molar-refractivity contribution in [3.05, 3.63) is 102 Å². The van der Waals surface area contributed by atoms with Crippen LogP contribution in [0.5, 0.6) is 11.5 Å². The van der Waals surface area contributed by atoms with Crippen LogP contribution in [-0.4, -0.2) is 49.3 Å². The number of benzene rings is 4. The number of halogens is 3. The highest BCUT2D eigenvalue weighted by Crippen LogP contribution is 2.36. The normalized spacial score (nSPS) is 15.6. The van der Waals surface area contributed by atoms with Crippen molar-refractivity contribution in [2.45, 2.75) is 25.4 Å². The number of rotatable bonds is 8. The molecule has 8 nitrogen and oxygen atoms in total. The average molecular weight is 620 g/mol. The summed E-state index contributed by atoms with van der Waals surface area (Å²) in [6.45, 7) is 3.99. The molecule has 2 saturated heterocycles. The van der Waals surface area contributed by atoms with Gasteiger partial charge in [-0.25, -0.2) is 13.6 Å². The molecule has 11 heteroatoms. The van der Waals surface area contributed by atoms with Crippen LogP contribution in [0.4, 0.5) is 19.0 Å². The maximum atomic E-state index is 13.8. The zero-order chi connectivity index (χ0) is 31.8. The molecule has 2 aliphatic heterocycles. The average Bonchev–Trinajstić information content (AvgIpc) is 3.81. The minimum Gasteiger partial charge on any atom is -0.488 e. The van der Waals surface area contributed by atoms with E-state index in [0.29, 0.717) is 29.1 Å². The summed E-state index contributed by atoms with van der Waals surface area (Å²) < 4.78 is 46.6. The van der Waals surface area contributed by atoms with Gasteiger partial charge in [-0.1, -0.05) is 18.2 Å². The summed E-state index contributed by atoms with van der Waals surface area (Å²) in [6, 6.07) is 18.3. The Hall–Kier alpha value is -4.87. The number of carboxylic acids is 1. The number of hydrogen-bond donors (Lipinski definition) is 4.